The van der Waals surface area contributed by atoms with Gasteiger partial charge in [0.25, 0.3) is 0 Å². The first-order chi connectivity index (χ1) is 20.0. The molecule has 9 nitrogen and oxygen atoms in total. The van der Waals surface area contributed by atoms with Crippen molar-refractivity contribution in [1.82, 2.24) is 4.90 Å². The average Bonchev–Trinajstić information content (AvgIpc) is 3.27. The number of nitrogens with zero attached hydrogens (tertiary/aromatic N) is 1. The van der Waals surface area contributed by atoms with E-state index in [4.69, 9.17) is 38.4 Å². The summed E-state index contributed by atoms with van der Waals surface area (Å²) in [4.78, 5) is 64.2. The zero-order valence-corrected chi connectivity index (χ0v) is 23.7. The van der Waals surface area contributed by atoms with E-state index in [1.165, 1.54) is 19.2 Å². The molecule has 3 amide bonds. The predicted octanol–water partition coefficient (Wildman–Crippen LogP) is 3.26. The van der Waals surface area contributed by atoms with Crippen LogP contribution in [0, 0.1) is 11.8 Å². The van der Waals surface area contributed by atoms with Crippen LogP contribution in [0.2, 0.25) is 0 Å². The molecule has 3 aromatic carbocycles. The van der Waals surface area contributed by atoms with Gasteiger partial charge in [-0.1, -0.05) is 48.5 Å². The molecule has 3 atom stereocenters. The van der Waals surface area contributed by atoms with Crippen LogP contribution in [0.5, 0.6) is 5.75 Å². The van der Waals surface area contributed by atoms with Crippen LogP contribution in [0.4, 0.5) is 0 Å². The topological polar surface area (TPSA) is 133 Å². The second kappa shape index (κ2) is 9.96. The minimum atomic E-state index is -1.72. The Hall–Kier alpha value is -4.21. The summed E-state index contributed by atoms with van der Waals surface area (Å²) in [5.74, 6) is -6.02. The van der Waals surface area contributed by atoms with E-state index in [-0.39, 0.29) is 5.56 Å². The van der Waals surface area contributed by atoms with Crippen LogP contribution in [0.3, 0.4) is 0 Å². The van der Waals surface area contributed by atoms with E-state index < -0.39 is 70.1 Å². The molecule has 4 aliphatic rings. The number of benzene rings is 3. The highest BCUT2D eigenvalue weighted by Crippen LogP contribution is 2.69. The zero-order chi connectivity index (χ0) is 30.0. The quantitative estimate of drug-likeness (QED) is 0.180. The maximum absolute atomic E-state index is 14.2. The summed E-state index contributed by atoms with van der Waals surface area (Å²) >= 11 is 14.8. The van der Waals surface area contributed by atoms with Crippen molar-refractivity contribution in [3.8, 4) is 5.75 Å². The summed E-state index contributed by atoms with van der Waals surface area (Å²) in [6, 6.07) is 18.6. The first-order valence-electron chi connectivity index (χ1n) is 13.1. The lowest BCUT2D eigenvalue weighted by molar-refractivity contribution is -0.159. The number of rotatable bonds is 8. The van der Waals surface area contributed by atoms with Crippen molar-refractivity contribution in [3.05, 3.63) is 101 Å². The normalized spacial score (nSPS) is 25.7. The van der Waals surface area contributed by atoms with E-state index >= 15 is 0 Å². The van der Waals surface area contributed by atoms with E-state index in [0.717, 1.165) is 0 Å². The van der Waals surface area contributed by atoms with E-state index in [9.17, 15) is 24.0 Å². The molecule has 0 aromatic heterocycles. The molecule has 11 heteroatoms. The standard InChI is InChI=1S/C31H24Cl2N2O7/c1-41-17-12-10-16(11-13-17)23(36)15-42-29(40)22(14-24(34)37)35-27(38)25-26(28(35)39)31(33)19-7-3-2-6-18(19)30(25,32)20-8-4-5-9-21(20)31/h2-13,22,25-26H,14-15H2,1H3,(H2,34,37)/t22-,25-,26-,30?,31?/m1/s1. The zero-order valence-electron chi connectivity index (χ0n) is 22.2. The van der Waals surface area contributed by atoms with Gasteiger partial charge >= 0.3 is 5.97 Å². The maximum atomic E-state index is 14.2. The number of carbonyl (C=O) groups is 5. The second-order valence-corrected chi connectivity index (χ2v) is 11.7. The van der Waals surface area contributed by atoms with E-state index in [1.807, 2.05) is 0 Å². The summed E-state index contributed by atoms with van der Waals surface area (Å²) in [6.45, 7) is -0.695. The molecule has 2 N–H and O–H groups in total. The summed E-state index contributed by atoms with van der Waals surface area (Å²) in [7, 11) is 1.48. The Labute approximate surface area is 250 Å². The van der Waals surface area contributed by atoms with Crippen molar-refractivity contribution >= 4 is 52.7 Å². The number of methoxy groups -OCH3 is 1. The molecule has 214 valence electrons. The fraction of sp³-hybridized carbons (Fsp3) is 0.258. The molecule has 42 heavy (non-hydrogen) atoms. The highest BCUT2D eigenvalue weighted by molar-refractivity contribution is 6.36. The fourth-order valence-electron chi connectivity index (χ4n) is 6.56. The Balaban J connectivity index is 1.36. The van der Waals surface area contributed by atoms with Gasteiger partial charge in [0.05, 0.1) is 25.4 Å². The lowest BCUT2D eigenvalue weighted by Gasteiger charge is -2.54. The molecule has 1 aliphatic heterocycles. The van der Waals surface area contributed by atoms with Crippen molar-refractivity contribution in [1.29, 1.82) is 0 Å². The molecule has 0 unspecified atom stereocenters. The van der Waals surface area contributed by atoms with Crippen LogP contribution < -0.4 is 10.5 Å². The number of carbonyl (C=O) groups excluding carboxylic acids is 5. The third kappa shape index (κ3) is 3.80. The van der Waals surface area contributed by atoms with Gasteiger partial charge in [0, 0.05) is 5.56 Å². The number of primary amides is 1. The molecule has 0 spiro atoms. The van der Waals surface area contributed by atoms with E-state index in [2.05, 4.69) is 0 Å². The van der Waals surface area contributed by atoms with Gasteiger partial charge in [-0.3, -0.25) is 24.1 Å². The average molecular weight is 607 g/mol. The van der Waals surface area contributed by atoms with Gasteiger partial charge in [-0.15, -0.1) is 23.2 Å². The number of halogens is 2. The van der Waals surface area contributed by atoms with Gasteiger partial charge in [-0.2, -0.15) is 0 Å². The number of Topliss-reactive ketones (excluding diaryl/α,β-unsaturated/α-hetero) is 1. The minimum absolute atomic E-state index is 0.245. The molecule has 3 aliphatic carbocycles. The first kappa shape index (κ1) is 27.9. The van der Waals surface area contributed by atoms with Crippen LogP contribution in [-0.4, -0.2) is 54.1 Å². The number of ether oxygens (including phenoxy) is 2. The van der Waals surface area contributed by atoms with Gasteiger partial charge in [0.1, 0.15) is 21.5 Å². The molecule has 0 saturated carbocycles. The van der Waals surface area contributed by atoms with Crippen molar-refractivity contribution in [3.63, 3.8) is 0 Å². The highest BCUT2D eigenvalue weighted by Gasteiger charge is 2.73. The molecule has 7 rings (SSSR count). The lowest BCUT2D eigenvalue weighted by Crippen LogP contribution is -2.57. The molecule has 0 radical (unpaired) electrons. The monoisotopic (exact) mass is 606 g/mol. The van der Waals surface area contributed by atoms with E-state index in [1.54, 1.807) is 60.7 Å². The van der Waals surface area contributed by atoms with Gasteiger partial charge in [-0.05, 0) is 46.5 Å². The summed E-state index contributed by atoms with van der Waals surface area (Å²) in [5, 5.41) is 0. The number of ketones is 1. The molecular weight excluding hydrogens is 583 g/mol. The SMILES string of the molecule is COc1ccc(C(=O)COC(=O)[C@@H](CC(N)=O)N2C(=O)[C@H]3[C@H](C2=O)C2(Cl)c4ccccc4C3(Cl)c3ccccc32)cc1. The van der Waals surface area contributed by atoms with Crippen molar-refractivity contribution in [2.45, 2.75) is 22.2 Å². The van der Waals surface area contributed by atoms with Gasteiger partial charge in [0.2, 0.25) is 17.7 Å². The van der Waals surface area contributed by atoms with Gasteiger partial charge < -0.3 is 15.2 Å². The summed E-state index contributed by atoms with van der Waals surface area (Å²) < 4.78 is 10.3. The molecule has 2 bridgehead atoms. The summed E-state index contributed by atoms with van der Waals surface area (Å²) in [5.41, 5.74) is 8.03. The largest absolute Gasteiger partial charge is 0.497 e. The highest BCUT2D eigenvalue weighted by atomic mass is 35.5. The van der Waals surface area contributed by atoms with Crippen molar-refractivity contribution in [2.75, 3.05) is 13.7 Å². The van der Waals surface area contributed by atoms with E-state index in [0.29, 0.717) is 32.9 Å². The van der Waals surface area contributed by atoms with Crippen LogP contribution in [-0.2, 0) is 33.7 Å². The number of likely N-dealkylation sites (tertiary alicyclic amines) is 1. The van der Waals surface area contributed by atoms with Gasteiger partial charge in [-0.25, -0.2) is 4.79 Å². The Bertz CT molecular complexity index is 1550. The Morgan fingerprint density at radius 1 is 0.833 bits per heavy atom. The van der Waals surface area contributed by atoms with Crippen LogP contribution in [0.15, 0.2) is 72.8 Å². The predicted molar refractivity (Wildman–Crippen MR) is 151 cm³/mol. The molecule has 1 fully saturated rings. The van der Waals surface area contributed by atoms with Crippen LogP contribution in [0.25, 0.3) is 0 Å². The number of nitrogens with two attached hydrogens (primary N) is 1. The van der Waals surface area contributed by atoms with Crippen molar-refractivity contribution in [2.24, 2.45) is 17.6 Å². The third-order valence-corrected chi connectivity index (χ3v) is 9.64. The Morgan fingerprint density at radius 2 is 1.29 bits per heavy atom. The number of hydrogen-bond acceptors (Lipinski definition) is 7. The number of alkyl halides is 2. The smallest absolute Gasteiger partial charge is 0.330 e. The molecule has 1 heterocycles. The fourth-order valence-corrected chi connectivity index (χ4v) is 7.66. The lowest BCUT2D eigenvalue weighted by atomic mass is 9.54. The molecule has 3 aromatic rings. The second-order valence-electron chi connectivity index (χ2n) is 10.5. The molecule has 1 saturated heterocycles. The number of amides is 3. The number of esters is 1. The minimum Gasteiger partial charge on any atom is -0.497 e. The van der Waals surface area contributed by atoms with Gasteiger partial charge in [0.15, 0.2) is 12.4 Å². The molecular formula is C31H24Cl2N2O7. The van der Waals surface area contributed by atoms with Crippen molar-refractivity contribution < 1.29 is 33.4 Å². The maximum Gasteiger partial charge on any atom is 0.330 e. The number of hydrogen-bond donors (Lipinski definition) is 1. The Kier molecular flexibility index (Phi) is 6.62. The van der Waals surface area contributed by atoms with Crippen LogP contribution >= 0.6 is 23.2 Å². The Morgan fingerprint density at radius 3 is 1.69 bits per heavy atom. The summed E-state index contributed by atoms with van der Waals surface area (Å²) in [6.07, 6.45) is -0.711. The van der Waals surface area contributed by atoms with Crippen LogP contribution in [0.1, 0.15) is 39.0 Å². The number of imide groups is 1. The third-order valence-electron chi connectivity index (χ3n) is 8.36. The first-order valence-corrected chi connectivity index (χ1v) is 13.9.